The summed E-state index contributed by atoms with van der Waals surface area (Å²) in [5, 5.41) is 7.54. The highest BCUT2D eigenvalue weighted by atomic mass is 19.1. The number of fused-ring (bicyclic) bond motifs is 1. The number of anilines is 1. The summed E-state index contributed by atoms with van der Waals surface area (Å²) in [6.45, 7) is 6.84. The predicted octanol–water partition coefficient (Wildman–Crippen LogP) is 3.01. The molecule has 0 amide bonds. The topological polar surface area (TPSA) is 68.2 Å². The molecule has 0 bridgehead atoms. The van der Waals surface area contributed by atoms with E-state index in [4.69, 9.17) is 5.73 Å². The molecule has 0 saturated heterocycles. The number of nitrogens with zero attached hydrogens (tertiary/aromatic N) is 3. The monoisotopic (exact) mass is 313 g/mol. The lowest BCUT2D eigenvalue weighted by atomic mass is 10.1. The van der Waals surface area contributed by atoms with Crippen LogP contribution in [0, 0.1) is 5.82 Å². The van der Waals surface area contributed by atoms with Crippen LogP contribution in [-0.4, -0.2) is 20.1 Å². The van der Waals surface area contributed by atoms with Gasteiger partial charge in [0.05, 0.1) is 11.9 Å². The molecule has 0 aliphatic carbocycles. The number of nitrogens with two attached hydrogens (primary N) is 1. The second kappa shape index (κ2) is 5.62. The van der Waals surface area contributed by atoms with Crippen LogP contribution in [0.15, 0.2) is 36.5 Å². The van der Waals surface area contributed by atoms with E-state index in [1.54, 1.807) is 35.0 Å². The minimum atomic E-state index is -0.302. The van der Waals surface area contributed by atoms with Gasteiger partial charge in [-0.2, -0.15) is 0 Å². The molecule has 5 nitrogen and oxygen atoms in total. The molecule has 0 saturated carbocycles. The van der Waals surface area contributed by atoms with Crippen LogP contribution in [0.1, 0.15) is 26.3 Å². The van der Waals surface area contributed by atoms with Crippen LogP contribution in [0.4, 0.5) is 10.2 Å². The van der Waals surface area contributed by atoms with Gasteiger partial charge in [-0.3, -0.25) is 0 Å². The van der Waals surface area contributed by atoms with E-state index >= 15 is 0 Å². The van der Waals surface area contributed by atoms with E-state index in [0.717, 1.165) is 5.56 Å². The number of hydrogen-bond donors (Lipinski definition) is 2. The SMILES string of the molecule is CC(C)(C)NCc1ccc(-c2cnc3ccc(N)nn23)c(F)c1. The summed E-state index contributed by atoms with van der Waals surface area (Å²) >= 11 is 0. The highest BCUT2D eigenvalue weighted by molar-refractivity contribution is 5.64. The predicted molar refractivity (Wildman–Crippen MR) is 89.4 cm³/mol. The molecule has 23 heavy (non-hydrogen) atoms. The average molecular weight is 313 g/mol. The lowest BCUT2D eigenvalue weighted by molar-refractivity contribution is 0.423. The Morgan fingerprint density at radius 3 is 2.70 bits per heavy atom. The zero-order valence-corrected chi connectivity index (χ0v) is 13.5. The Morgan fingerprint density at radius 2 is 2.00 bits per heavy atom. The van der Waals surface area contributed by atoms with Gasteiger partial charge in [0, 0.05) is 17.6 Å². The normalized spacial score (nSPS) is 12.0. The molecule has 1 aromatic carbocycles. The van der Waals surface area contributed by atoms with Crippen molar-refractivity contribution in [1.29, 1.82) is 0 Å². The maximum Gasteiger partial charge on any atom is 0.154 e. The van der Waals surface area contributed by atoms with Crippen molar-refractivity contribution in [3.8, 4) is 11.3 Å². The third-order valence-electron chi connectivity index (χ3n) is 3.52. The largest absolute Gasteiger partial charge is 0.382 e. The first-order chi connectivity index (χ1) is 10.8. The van der Waals surface area contributed by atoms with E-state index in [-0.39, 0.29) is 11.4 Å². The van der Waals surface area contributed by atoms with E-state index in [9.17, 15) is 4.39 Å². The molecule has 6 heteroatoms. The summed E-state index contributed by atoms with van der Waals surface area (Å²) in [7, 11) is 0. The molecule has 0 spiro atoms. The number of nitrogen functional groups attached to an aromatic ring is 1. The van der Waals surface area contributed by atoms with Gasteiger partial charge in [0.1, 0.15) is 11.6 Å². The van der Waals surface area contributed by atoms with Crippen LogP contribution in [0.5, 0.6) is 0 Å². The minimum absolute atomic E-state index is 0.0156. The van der Waals surface area contributed by atoms with Gasteiger partial charge in [-0.1, -0.05) is 6.07 Å². The number of benzene rings is 1. The van der Waals surface area contributed by atoms with Crippen molar-refractivity contribution in [2.75, 3.05) is 5.73 Å². The van der Waals surface area contributed by atoms with Gasteiger partial charge in [0.15, 0.2) is 5.65 Å². The van der Waals surface area contributed by atoms with Crippen molar-refractivity contribution < 1.29 is 4.39 Å². The molecular formula is C17H20FN5. The molecule has 2 heterocycles. The van der Waals surface area contributed by atoms with Crippen molar-refractivity contribution in [2.45, 2.75) is 32.9 Å². The van der Waals surface area contributed by atoms with Gasteiger partial charge in [-0.15, -0.1) is 5.10 Å². The van der Waals surface area contributed by atoms with Gasteiger partial charge >= 0.3 is 0 Å². The number of hydrogen-bond acceptors (Lipinski definition) is 4. The van der Waals surface area contributed by atoms with Gasteiger partial charge in [-0.25, -0.2) is 13.9 Å². The van der Waals surface area contributed by atoms with Crippen LogP contribution >= 0.6 is 0 Å². The van der Waals surface area contributed by atoms with Gasteiger partial charge in [0.25, 0.3) is 0 Å². The maximum absolute atomic E-state index is 14.5. The highest BCUT2D eigenvalue weighted by Crippen LogP contribution is 2.24. The zero-order valence-electron chi connectivity index (χ0n) is 13.5. The first kappa shape index (κ1) is 15.4. The van der Waals surface area contributed by atoms with E-state index in [1.165, 1.54) is 0 Å². The maximum atomic E-state index is 14.5. The average Bonchev–Trinajstić information content (AvgIpc) is 2.87. The smallest absolute Gasteiger partial charge is 0.154 e. The third kappa shape index (κ3) is 3.32. The Hall–Kier alpha value is -2.47. The highest BCUT2D eigenvalue weighted by Gasteiger charge is 2.14. The van der Waals surface area contributed by atoms with E-state index in [0.29, 0.717) is 29.3 Å². The van der Waals surface area contributed by atoms with Crippen molar-refractivity contribution >= 4 is 11.5 Å². The third-order valence-corrected chi connectivity index (χ3v) is 3.52. The molecule has 3 N–H and O–H groups in total. The van der Waals surface area contributed by atoms with Crippen LogP contribution in [0.3, 0.4) is 0 Å². The zero-order chi connectivity index (χ0) is 16.6. The molecule has 2 aromatic heterocycles. The van der Waals surface area contributed by atoms with Crippen LogP contribution in [0.2, 0.25) is 0 Å². The number of rotatable bonds is 3. The molecule has 0 atom stereocenters. The lowest BCUT2D eigenvalue weighted by Crippen LogP contribution is -2.35. The second-order valence-corrected chi connectivity index (χ2v) is 6.59. The molecule has 120 valence electrons. The summed E-state index contributed by atoms with van der Waals surface area (Å²) in [6.07, 6.45) is 1.60. The Bertz CT molecular complexity index is 848. The van der Waals surface area contributed by atoms with Crippen LogP contribution < -0.4 is 11.1 Å². The Labute approximate surface area is 134 Å². The quantitative estimate of drug-likeness (QED) is 0.780. The number of nitrogens with one attached hydrogen (secondary N) is 1. The second-order valence-electron chi connectivity index (χ2n) is 6.59. The fourth-order valence-corrected chi connectivity index (χ4v) is 2.31. The molecule has 0 unspecified atom stereocenters. The lowest BCUT2D eigenvalue weighted by Gasteiger charge is -2.20. The summed E-state index contributed by atoms with van der Waals surface area (Å²) in [4.78, 5) is 4.23. The molecule has 0 aliphatic heterocycles. The van der Waals surface area contributed by atoms with E-state index < -0.39 is 0 Å². The van der Waals surface area contributed by atoms with Crippen LogP contribution in [-0.2, 0) is 6.54 Å². The van der Waals surface area contributed by atoms with Crippen molar-refractivity contribution in [3.63, 3.8) is 0 Å². The molecular weight excluding hydrogens is 293 g/mol. The molecule has 3 aromatic rings. The standard InChI is InChI=1S/C17H20FN5/c1-17(2,3)21-9-11-4-5-12(13(18)8-11)14-10-20-16-7-6-15(19)22-23(14)16/h4-8,10,21H,9H2,1-3H3,(H2,19,22). The summed E-state index contributed by atoms with van der Waals surface area (Å²) in [6, 6.07) is 8.63. The summed E-state index contributed by atoms with van der Waals surface area (Å²) in [5.74, 6) is 0.0624. The Balaban J connectivity index is 1.95. The number of halogens is 1. The molecule has 0 aliphatic rings. The molecule has 3 rings (SSSR count). The van der Waals surface area contributed by atoms with Gasteiger partial charge in [0.2, 0.25) is 0 Å². The van der Waals surface area contributed by atoms with Crippen molar-refractivity contribution in [3.05, 3.63) is 47.9 Å². The fraction of sp³-hybridized carbons (Fsp3) is 0.294. The molecule has 0 fully saturated rings. The molecule has 0 radical (unpaired) electrons. The number of aromatic nitrogens is 3. The van der Waals surface area contributed by atoms with Crippen molar-refractivity contribution in [1.82, 2.24) is 19.9 Å². The van der Waals surface area contributed by atoms with E-state index in [2.05, 4.69) is 36.2 Å². The Kier molecular flexibility index (Phi) is 3.77. The number of imidazole rings is 1. The van der Waals surface area contributed by atoms with E-state index in [1.807, 2.05) is 6.07 Å². The van der Waals surface area contributed by atoms with Crippen molar-refractivity contribution in [2.24, 2.45) is 0 Å². The first-order valence-electron chi connectivity index (χ1n) is 7.47. The minimum Gasteiger partial charge on any atom is -0.382 e. The summed E-state index contributed by atoms with van der Waals surface area (Å²) < 4.78 is 16.1. The fourth-order valence-electron chi connectivity index (χ4n) is 2.31. The first-order valence-corrected chi connectivity index (χ1v) is 7.47. The van der Waals surface area contributed by atoms with Gasteiger partial charge in [-0.05, 0) is 50.6 Å². The van der Waals surface area contributed by atoms with Gasteiger partial charge < -0.3 is 11.1 Å². The Morgan fingerprint density at radius 1 is 1.22 bits per heavy atom. The van der Waals surface area contributed by atoms with Crippen LogP contribution in [0.25, 0.3) is 16.9 Å². The summed E-state index contributed by atoms with van der Waals surface area (Å²) in [5.41, 5.74) is 8.26.